The van der Waals surface area contributed by atoms with Crippen molar-refractivity contribution in [2.75, 3.05) is 44.8 Å². The number of aromatic nitrogens is 1. The molecular weight excluding hydrogens is 492 g/mol. The van der Waals surface area contributed by atoms with Crippen molar-refractivity contribution >= 4 is 38.3 Å². The second-order valence-electron chi connectivity index (χ2n) is 7.83. The van der Waals surface area contributed by atoms with E-state index in [1.165, 1.54) is 16.9 Å². The maximum absolute atomic E-state index is 12.5. The zero-order chi connectivity index (χ0) is 21.9. The number of carbonyl (C=O) groups excluding carboxylic acids is 1. The Morgan fingerprint density at radius 2 is 1.78 bits per heavy atom. The van der Waals surface area contributed by atoms with E-state index in [0.29, 0.717) is 18.5 Å². The highest BCUT2D eigenvalue weighted by atomic mass is 79.9. The van der Waals surface area contributed by atoms with Crippen molar-refractivity contribution in [3.05, 3.63) is 57.9 Å². The lowest BCUT2D eigenvalue weighted by Gasteiger charge is -2.34. The van der Waals surface area contributed by atoms with Crippen molar-refractivity contribution in [3.8, 4) is 22.8 Å². The maximum atomic E-state index is 12.5. The van der Waals surface area contributed by atoms with Gasteiger partial charge in [0.25, 0.3) is 0 Å². The summed E-state index contributed by atoms with van der Waals surface area (Å²) >= 11 is 4.89. The largest absolute Gasteiger partial charge is 0.454 e. The van der Waals surface area contributed by atoms with Gasteiger partial charge in [-0.3, -0.25) is 14.6 Å². The van der Waals surface area contributed by atoms with E-state index < -0.39 is 0 Å². The highest BCUT2D eigenvalue weighted by Crippen LogP contribution is 2.33. The van der Waals surface area contributed by atoms with Crippen molar-refractivity contribution in [2.45, 2.75) is 6.54 Å². The summed E-state index contributed by atoms with van der Waals surface area (Å²) in [5.41, 5.74) is 3.12. The molecule has 1 amide bonds. The van der Waals surface area contributed by atoms with Gasteiger partial charge in [0, 0.05) is 48.1 Å². The molecular formula is C23H23BrN4O3S. The first-order chi connectivity index (χ1) is 15.6. The summed E-state index contributed by atoms with van der Waals surface area (Å²) in [7, 11) is 0. The third-order valence-corrected chi connectivity index (χ3v) is 6.85. The molecule has 7 nitrogen and oxygen atoms in total. The van der Waals surface area contributed by atoms with Gasteiger partial charge in [0.05, 0.1) is 12.2 Å². The smallest absolute Gasteiger partial charge is 0.240 e. The standard InChI is InChI=1S/C23H23BrN4O3S/c24-18-4-2-17(3-5-18)19-14-32-23(25-19)26-22(29)13-28-9-7-27(8-10-28)12-16-1-6-20-21(11-16)31-15-30-20/h1-6,11,14H,7-10,12-13,15H2,(H,25,26,29). The second-order valence-corrected chi connectivity index (χ2v) is 9.61. The van der Waals surface area contributed by atoms with Crippen LogP contribution in [0.15, 0.2) is 52.3 Å². The van der Waals surface area contributed by atoms with Gasteiger partial charge in [-0.25, -0.2) is 4.98 Å². The fraction of sp³-hybridized carbons (Fsp3) is 0.304. The predicted molar refractivity (Wildman–Crippen MR) is 128 cm³/mol. The van der Waals surface area contributed by atoms with E-state index in [1.807, 2.05) is 35.7 Å². The summed E-state index contributed by atoms with van der Waals surface area (Å²) < 4.78 is 11.9. The molecule has 2 aliphatic heterocycles. The molecule has 2 aliphatic rings. The number of halogens is 1. The van der Waals surface area contributed by atoms with Crippen molar-refractivity contribution in [2.24, 2.45) is 0 Å². The molecule has 1 fully saturated rings. The van der Waals surface area contributed by atoms with E-state index in [2.05, 4.69) is 48.2 Å². The SMILES string of the molecule is O=C(CN1CCN(Cc2ccc3c(c2)OCO3)CC1)Nc1nc(-c2ccc(Br)cc2)cs1. The van der Waals surface area contributed by atoms with Gasteiger partial charge in [0.15, 0.2) is 16.6 Å². The Kier molecular flexibility index (Phi) is 6.40. The van der Waals surface area contributed by atoms with E-state index in [4.69, 9.17) is 9.47 Å². The highest BCUT2D eigenvalue weighted by Gasteiger charge is 2.21. The van der Waals surface area contributed by atoms with Crippen LogP contribution in [-0.4, -0.2) is 60.2 Å². The van der Waals surface area contributed by atoms with Crippen LogP contribution in [0.2, 0.25) is 0 Å². The number of rotatable bonds is 6. The van der Waals surface area contributed by atoms with E-state index in [9.17, 15) is 4.79 Å². The van der Waals surface area contributed by atoms with Gasteiger partial charge in [-0.15, -0.1) is 11.3 Å². The zero-order valence-corrected chi connectivity index (χ0v) is 19.8. The van der Waals surface area contributed by atoms with Crippen LogP contribution in [0.4, 0.5) is 5.13 Å². The van der Waals surface area contributed by atoms with Crippen LogP contribution >= 0.6 is 27.3 Å². The number of amides is 1. The van der Waals surface area contributed by atoms with Crippen molar-refractivity contribution in [1.29, 1.82) is 0 Å². The van der Waals surface area contributed by atoms with E-state index in [1.54, 1.807) is 0 Å². The molecule has 0 unspecified atom stereocenters. The molecule has 1 aromatic heterocycles. The van der Waals surface area contributed by atoms with Crippen LogP contribution < -0.4 is 14.8 Å². The Balaban J connectivity index is 1.08. The highest BCUT2D eigenvalue weighted by molar-refractivity contribution is 9.10. The molecule has 9 heteroatoms. The molecule has 0 spiro atoms. The predicted octanol–water partition coefficient (Wildman–Crippen LogP) is 4.06. The molecule has 3 heterocycles. The molecule has 2 aromatic carbocycles. The molecule has 0 bridgehead atoms. The Hall–Kier alpha value is -2.46. The Labute approximate surface area is 199 Å². The fourth-order valence-corrected chi connectivity index (χ4v) is 4.85. The van der Waals surface area contributed by atoms with Gasteiger partial charge in [-0.1, -0.05) is 34.1 Å². The van der Waals surface area contributed by atoms with Gasteiger partial charge < -0.3 is 14.8 Å². The second kappa shape index (κ2) is 9.58. The molecule has 3 aromatic rings. The third-order valence-electron chi connectivity index (χ3n) is 5.57. The lowest BCUT2D eigenvalue weighted by molar-refractivity contribution is -0.117. The Bertz CT molecular complexity index is 1100. The summed E-state index contributed by atoms with van der Waals surface area (Å²) in [6.07, 6.45) is 0. The number of carbonyl (C=O) groups is 1. The molecule has 5 rings (SSSR count). The van der Waals surface area contributed by atoms with Gasteiger partial charge in [0.1, 0.15) is 0 Å². The monoisotopic (exact) mass is 514 g/mol. The first-order valence-corrected chi connectivity index (χ1v) is 12.1. The number of anilines is 1. The van der Waals surface area contributed by atoms with Crippen molar-refractivity contribution < 1.29 is 14.3 Å². The normalized spacial score (nSPS) is 16.3. The minimum atomic E-state index is -0.0223. The van der Waals surface area contributed by atoms with Crippen LogP contribution in [0.1, 0.15) is 5.56 Å². The third kappa shape index (κ3) is 5.12. The van der Waals surface area contributed by atoms with Gasteiger partial charge >= 0.3 is 0 Å². The van der Waals surface area contributed by atoms with Crippen LogP contribution in [-0.2, 0) is 11.3 Å². The number of benzene rings is 2. The average Bonchev–Trinajstić information content (AvgIpc) is 3.45. The number of nitrogens with one attached hydrogen (secondary N) is 1. The van der Waals surface area contributed by atoms with Crippen LogP contribution in [0.5, 0.6) is 11.5 Å². The average molecular weight is 515 g/mol. The minimum Gasteiger partial charge on any atom is -0.454 e. The lowest BCUT2D eigenvalue weighted by Crippen LogP contribution is -2.48. The summed E-state index contributed by atoms with van der Waals surface area (Å²) in [4.78, 5) is 21.7. The summed E-state index contributed by atoms with van der Waals surface area (Å²) in [6.45, 7) is 5.12. The molecule has 1 saturated heterocycles. The first-order valence-electron chi connectivity index (χ1n) is 10.5. The minimum absolute atomic E-state index is 0.0223. The van der Waals surface area contributed by atoms with Crippen LogP contribution in [0, 0.1) is 0 Å². The number of ether oxygens (including phenoxy) is 2. The molecule has 0 aliphatic carbocycles. The summed E-state index contributed by atoms with van der Waals surface area (Å²) in [5, 5.41) is 5.54. The first kappa shape index (κ1) is 21.4. The van der Waals surface area contributed by atoms with Crippen molar-refractivity contribution in [1.82, 2.24) is 14.8 Å². The van der Waals surface area contributed by atoms with Gasteiger partial charge in [-0.05, 0) is 29.8 Å². The number of fused-ring (bicyclic) bond motifs is 1. The van der Waals surface area contributed by atoms with Gasteiger partial charge in [-0.2, -0.15) is 0 Å². The number of hydrogen-bond acceptors (Lipinski definition) is 7. The van der Waals surface area contributed by atoms with E-state index >= 15 is 0 Å². The molecule has 166 valence electrons. The number of thiazole rings is 1. The Morgan fingerprint density at radius 1 is 1.03 bits per heavy atom. The number of nitrogens with zero attached hydrogens (tertiary/aromatic N) is 3. The lowest BCUT2D eigenvalue weighted by atomic mass is 10.1. The fourth-order valence-electron chi connectivity index (χ4n) is 3.85. The maximum Gasteiger partial charge on any atom is 0.240 e. The zero-order valence-electron chi connectivity index (χ0n) is 17.4. The molecule has 1 N–H and O–H groups in total. The van der Waals surface area contributed by atoms with Crippen LogP contribution in [0.25, 0.3) is 11.3 Å². The number of hydrogen-bond donors (Lipinski definition) is 1. The van der Waals surface area contributed by atoms with Gasteiger partial charge in [0.2, 0.25) is 12.7 Å². The molecule has 0 atom stereocenters. The molecule has 0 saturated carbocycles. The van der Waals surface area contributed by atoms with Crippen molar-refractivity contribution in [3.63, 3.8) is 0 Å². The summed E-state index contributed by atoms with van der Waals surface area (Å²) in [5.74, 6) is 1.61. The molecule has 0 radical (unpaired) electrons. The topological polar surface area (TPSA) is 66.9 Å². The number of piperazine rings is 1. The summed E-state index contributed by atoms with van der Waals surface area (Å²) in [6, 6.07) is 14.1. The quantitative estimate of drug-likeness (QED) is 0.535. The van der Waals surface area contributed by atoms with E-state index in [0.717, 1.165) is 60.0 Å². The molecule has 32 heavy (non-hydrogen) atoms. The van der Waals surface area contributed by atoms with Crippen LogP contribution in [0.3, 0.4) is 0 Å². The Morgan fingerprint density at radius 3 is 2.59 bits per heavy atom. The van der Waals surface area contributed by atoms with E-state index in [-0.39, 0.29) is 5.91 Å².